The molecule has 0 fully saturated rings. The molecular formula is C12H14FN3O2S. The summed E-state index contributed by atoms with van der Waals surface area (Å²) in [4.78, 5) is 2.88. The van der Waals surface area contributed by atoms with E-state index >= 15 is 0 Å². The van der Waals surface area contributed by atoms with Crippen LogP contribution in [0, 0.1) is 5.82 Å². The Labute approximate surface area is 110 Å². The van der Waals surface area contributed by atoms with Crippen molar-refractivity contribution >= 4 is 10.0 Å². The predicted molar refractivity (Wildman–Crippen MR) is 69.1 cm³/mol. The summed E-state index contributed by atoms with van der Waals surface area (Å²) in [6.07, 6.45) is 1.37. The maximum Gasteiger partial charge on any atom is 0.242 e. The number of hydrogen-bond acceptors (Lipinski definition) is 3. The Kier molecular flexibility index (Phi) is 3.98. The Morgan fingerprint density at radius 3 is 2.74 bits per heavy atom. The van der Waals surface area contributed by atoms with Gasteiger partial charge in [-0.1, -0.05) is 12.1 Å². The maximum absolute atomic E-state index is 13.0. The van der Waals surface area contributed by atoms with Crippen molar-refractivity contribution in [1.82, 2.24) is 9.71 Å². The highest BCUT2D eigenvalue weighted by Crippen LogP contribution is 2.11. The van der Waals surface area contributed by atoms with Gasteiger partial charge in [0.25, 0.3) is 0 Å². The van der Waals surface area contributed by atoms with E-state index in [0.717, 1.165) is 0 Å². The average Bonchev–Trinajstić information content (AvgIpc) is 2.86. The Hall–Kier alpha value is -1.70. The predicted octanol–water partition coefficient (Wildman–Crippen LogP) is 1.09. The van der Waals surface area contributed by atoms with Gasteiger partial charge in [0.1, 0.15) is 5.82 Å². The van der Waals surface area contributed by atoms with E-state index in [9.17, 15) is 12.8 Å². The van der Waals surface area contributed by atoms with Crippen molar-refractivity contribution in [3.63, 3.8) is 0 Å². The maximum atomic E-state index is 13.0. The van der Waals surface area contributed by atoms with Gasteiger partial charge < -0.3 is 10.7 Å². The fraction of sp³-hybridized carbons (Fsp3) is 0.167. The number of aromatic amines is 1. The molecule has 0 aliphatic heterocycles. The van der Waals surface area contributed by atoms with Crippen LogP contribution in [0.3, 0.4) is 0 Å². The minimum atomic E-state index is -3.62. The summed E-state index contributed by atoms with van der Waals surface area (Å²) in [5, 5.41) is 0. The summed E-state index contributed by atoms with van der Waals surface area (Å²) in [5.41, 5.74) is 6.58. The molecule has 19 heavy (non-hydrogen) atoms. The lowest BCUT2D eigenvalue weighted by atomic mass is 10.2. The van der Waals surface area contributed by atoms with Crippen LogP contribution in [0.1, 0.15) is 11.3 Å². The SMILES string of the molecule is NCc1cc(S(=O)(=O)NCc2cccc(F)c2)c[nH]1. The van der Waals surface area contributed by atoms with Crippen molar-refractivity contribution in [1.29, 1.82) is 0 Å². The number of benzene rings is 1. The molecule has 2 aromatic rings. The number of rotatable bonds is 5. The van der Waals surface area contributed by atoms with E-state index in [2.05, 4.69) is 9.71 Å². The van der Waals surface area contributed by atoms with E-state index in [1.54, 1.807) is 6.07 Å². The van der Waals surface area contributed by atoms with Crippen LogP contribution >= 0.6 is 0 Å². The van der Waals surface area contributed by atoms with Crippen molar-refractivity contribution in [3.8, 4) is 0 Å². The third-order valence-corrected chi connectivity index (χ3v) is 3.98. The molecule has 0 atom stereocenters. The molecule has 0 radical (unpaired) electrons. The van der Waals surface area contributed by atoms with Crippen LogP contribution in [0.4, 0.5) is 4.39 Å². The highest BCUT2D eigenvalue weighted by molar-refractivity contribution is 7.89. The van der Waals surface area contributed by atoms with Gasteiger partial charge in [-0.15, -0.1) is 0 Å². The van der Waals surface area contributed by atoms with E-state index < -0.39 is 15.8 Å². The second-order valence-electron chi connectivity index (χ2n) is 4.02. The van der Waals surface area contributed by atoms with Gasteiger partial charge in [-0.05, 0) is 23.8 Å². The van der Waals surface area contributed by atoms with E-state index in [4.69, 9.17) is 5.73 Å². The molecule has 0 aliphatic rings. The highest BCUT2D eigenvalue weighted by atomic mass is 32.2. The molecule has 7 heteroatoms. The standard InChI is InChI=1S/C12H14FN3O2S/c13-10-3-1-2-9(4-10)7-16-19(17,18)12-5-11(6-14)15-8-12/h1-5,8,15-16H,6-7,14H2. The lowest BCUT2D eigenvalue weighted by molar-refractivity contribution is 0.580. The first-order valence-corrected chi connectivity index (χ1v) is 7.11. The van der Waals surface area contributed by atoms with Gasteiger partial charge in [-0.25, -0.2) is 17.5 Å². The number of hydrogen-bond donors (Lipinski definition) is 3. The second kappa shape index (κ2) is 5.52. The number of halogens is 1. The average molecular weight is 283 g/mol. The quantitative estimate of drug-likeness (QED) is 0.767. The number of nitrogens with one attached hydrogen (secondary N) is 2. The summed E-state index contributed by atoms with van der Waals surface area (Å²) >= 11 is 0. The molecule has 0 unspecified atom stereocenters. The normalized spacial score (nSPS) is 11.7. The lowest BCUT2D eigenvalue weighted by Gasteiger charge is -2.05. The Morgan fingerprint density at radius 1 is 1.32 bits per heavy atom. The number of sulfonamides is 1. The van der Waals surface area contributed by atoms with E-state index in [-0.39, 0.29) is 18.0 Å². The molecule has 0 amide bonds. The highest BCUT2D eigenvalue weighted by Gasteiger charge is 2.15. The van der Waals surface area contributed by atoms with Crippen molar-refractivity contribution in [3.05, 3.63) is 53.6 Å². The zero-order valence-electron chi connectivity index (χ0n) is 10.1. The number of aromatic nitrogens is 1. The van der Waals surface area contributed by atoms with Gasteiger partial charge in [-0.3, -0.25) is 0 Å². The summed E-state index contributed by atoms with van der Waals surface area (Å²) in [6, 6.07) is 7.23. The van der Waals surface area contributed by atoms with Gasteiger partial charge in [0.05, 0.1) is 4.90 Å². The molecule has 1 aromatic heterocycles. The third kappa shape index (κ3) is 3.40. The molecule has 1 heterocycles. The number of H-pyrrole nitrogens is 1. The molecule has 1 aromatic carbocycles. The van der Waals surface area contributed by atoms with Crippen molar-refractivity contribution in [2.24, 2.45) is 5.73 Å². The Morgan fingerprint density at radius 2 is 2.11 bits per heavy atom. The van der Waals surface area contributed by atoms with E-state index in [0.29, 0.717) is 11.3 Å². The van der Waals surface area contributed by atoms with E-state index in [1.807, 2.05) is 0 Å². The van der Waals surface area contributed by atoms with Gasteiger partial charge in [0.2, 0.25) is 10.0 Å². The van der Waals surface area contributed by atoms with Gasteiger partial charge in [0, 0.05) is 25.0 Å². The molecule has 0 saturated heterocycles. The molecule has 0 saturated carbocycles. The first kappa shape index (κ1) is 13.7. The minimum Gasteiger partial charge on any atom is -0.363 e. The Balaban J connectivity index is 2.09. The molecule has 102 valence electrons. The summed E-state index contributed by atoms with van der Waals surface area (Å²) in [6.45, 7) is 0.267. The molecule has 2 rings (SSSR count). The lowest BCUT2D eigenvalue weighted by Crippen LogP contribution is -2.22. The zero-order valence-corrected chi connectivity index (χ0v) is 10.9. The van der Waals surface area contributed by atoms with Gasteiger partial charge >= 0.3 is 0 Å². The zero-order chi connectivity index (χ0) is 13.9. The molecule has 4 N–H and O–H groups in total. The summed E-state index contributed by atoms with van der Waals surface area (Å²) < 4.78 is 39.3. The largest absolute Gasteiger partial charge is 0.363 e. The van der Waals surface area contributed by atoms with Crippen LogP contribution in [0.25, 0.3) is 0 Å². The molecule has 0 spiro atoms. The third-order valence-electron chi connectivity index (χ3n) is 2.60. The van der Waals surface area contributed by atoms with Crippen molar-refractivity contribution < 1.29 is 12.8 Å². The topological polar surface area (TPSA) is 88.0 Å². The van der Waals surface area contributed by atoms with Crippen molar-refractivity contribution in [2.45, 2.75) is 18.0 Å². The van der Waals surface area contributed by atoms with Crippen molar-refractivity contribution in [2.75, 3.05) is 0 Å². The molecule has 0 bridgehead atoms. The van der Waals surface area contributed by atoms with Gasteiger partial charge in [0.15, 0.2) is 0 Å². The molecule has 0 aliphatic carbocycles. The fourth-order valence-corrected chi connectivity index (χ4v) is 2.64. The van der Waals surface area contributed by atoms with Crippen LogP contribution < -0.4 is 10.5 Å². The van der Waals surface area contributed by atoms with E-state index in [1.165, 1.54) is 30.5 Å². The number of nitrogens with two attached hydrogens (primary N) is 1. The molecular weight excluding hydrogens is 269 g/mol. The van der Waals surface area contributed by atoms with Crippen LogP contribution in [-0.2, 0) is 23.1 Å². The van der Waals surface area contributed by atoms with Crippen LogP contribution in [0.15, 0.2) is 41.4 Å². The van der Waals surface area contributed by atoms with Gasteiger partial charge in [-0.2, -0.15) is 0 Å². The first-order valence-electron chi connectivity index (χ1n) is 5.63. The summed E-state index contributed by atoms with van der Waals surface area (Å²) in [5.74, 6) is -0.399. The second-order valence-corrected chi connectivity index (χ2v) is 5.79. The molecule has 5 nitrogen and oxygen atoms in total. The van der Waals surface area contributed by atoms with Crippen LogP contribution in [0.5, 0.6) is 0 Å². The monoisotopic (exact) mass is 283 g/mol. The van der Waals surface area contributed by atoms with Crippen LogP contribution in [0.2, 0.25) is 0 Å². The van der Waals surface area contributed by atoms with Crippen LogP contribution in [-0.4, -0.2) is 13.4 Å². The Bertz CT molecular complexity index is 667. The first-order chi connectivity index (χ1) is 9.01. The smallest absolute Gasteiger partial charge is 0.242 e. The summed E-state index contributed by atoms with van der Waals surface area (Å²) in [7, 11) is -3.62. The fourth-order valence-electron chi connectivity index (χ4n) is 1.60. The minimum absolute atomic E-state index is 0.0310.